The number of ketones is 1. The predicted molar refractivity (Wildman–Crippen MR) is 124 cm³/mol. The second-order valence-electron chi connectivity index (χ2n) is 7.50. The van der Waals surface area contributed by atoms with Crippen LogP contribution in [-0.2, 0) is 24.4 Å². The van der Waals surface area contributed by atoms with Crippen molar-refractivity contribution in [2.24, 2.45) is 0 Å². The minimum absolute atomic E-state index is 0.104. The van der Waals surface area contributed by atoms with Gasteiger partial charge in [-0.05, 0) is 49.8 Å². The number of thiol groups is 1. The van der Waals surface area contributed by atoms with E-state index in [9.17, 15) is 26.8 Å². The zero-order chi connectivity index (χ0) is 24.4. The number of alkyl halides is 3. The van der Waals surface area contributed by atoms with Crippen LogP contribution in [0, 0.1) is 6.92 Å². The van der Waals surface area contributed by atoms with Crippen LogP contribution in [0.4, 0.5) is 8.78 Å². The number of halogens is 3. The van der Waals surface area contributed by atoms with Gasteiger partial charge in [-0.15, -0.1) is 12.6 Å². The summed E-state index contributed by atoms with van der Waals surface area (Å²) in [5.41, 5.74) is 2.35. The number of unbranched alkanes of at least 4 members (excludes halogenated alkanes) is 3. The van der Waals surface area contributed by atoms with Crippen molar-refractivity contribution in [1.29, 1.82) is 0 Å². The first-order valence-electron chi connectivity index (χ1n) is 10.3. The van der Waals surface area contributed by atoms with Crippen LogP contribution in [0.15, 0.2) is 23.1 Å². The quantitative estimate of drug-likeness (QED) is 0.137. The van der Waals surface area contributed by atoms with Crippen LogP contribution in [0.2, 0.25) is 0 Å². The highest BCUT2D eigenvalue weighted by atomic mass is 79.9. The van der Waals surface area contributed by atoms with Crippen LogP contribution < -0.4 is 0 Å². The summed E-state index contributed by atoms with van der Waals surface area (Å²) in [5.74, 6) is -1.75. The van der Waals surface area contributed by atoms with E-state index in [-0.39, 0.29) is 12.5 Å². The molecule has 0 amide bonds. The highest BCUT2D eigenvalue weighted by Crippen LogP contribution is 2.35. The molecule has 1 fully saturated rings. The molecule has 0 aromatic heterocycles. The number of carbonyl (C=O) groups excluding carboxylic acids is 2. The lowest BCUT2D eigenvalue weighted by atomic mass is 9.81. The van der Waals surface area contributed by atoms with Crippen molar-refractivity contribution < 1.29 is 36.1 Å². The average molecular weight is 559 g/mol. The Balaban J connectivity index is 0.000000321. The molecule has 6 nitrogen and oxygen atoms in total. The minimum atomic E-state index is -5.77. The average Bonchev–Trinajstić information content (AvgIpc) is 2.71. The smallest absolute Gasteiger partial charge is 0.460 e. The highest BCUT2D eigenvalue weighted by molar-refractivity contribution is 9.09. The molecule has 1 atom stereocenters. The molecule has 32 heavy (non-hydrogen) atoms. The molecule has 0 radical (unpaired) electrons. The Labute approximate surface area is 201 Å². The number of carbonyl (C=O) groups is 2. The summed E-state index contributed by atoms with van der Waals surface area (Å²) in [6, 6.07) is 6.04. The van der Waals surface area contributed by atoms with Crippen LogP contribution in [0.3, 0.4) is 0 Å². The maximum absolute atomic E-state index is 12.6. The van der Waals surface area contributed by atoms with E-state index >= 15 is 0 Å². The van der Waals surface area contributed by atoms with E-state index in [2.05, 4.69) is 46.3 Å². The predicted octanol–water partition coefficient (Wildman–Crippen LogP) is 5.48. The summed E-state index contributed by atoms with van der Waals surface area (Å²) in [6.45, 7) is 1.77. The fourth-order valence-electron chi connectivity index (χ4n) is 3.31. The first-order chi connectivity index (χ1) is 14.9. The SMILES string of the molecule is Cc1cccc(S)c1C1CCCCC1=O.O=C(OCCCCCCBr)C(F)(F)S(=O)(=O)O. The number of hydrogen-bond acceptors (Lipinski definition) is 6. The Hall–Kier alpha value is -1.04. The van der Waals surface area contributed by atoms with Gasteiger partial charge in [0.25, 0.3) is 0 Å². The lowest BCUT2D eigenvalue weighted by molar-refractivity contribution is -0.161. The summed E-state index contributed by atoms with van der Waals surface area (Å²) in [6.07, 6.45) is 6.76. The molecule has 2 rings (SSSR count). The van der Waals surface area contributed by atoms with Gasteiger partial charge in [-0.25, -0.2) is 4.79 Å². The van der Waals surface area contributed by atoms with Gasteiger partial charge in [0.1, 0.15) is 5.78 Å². The molecular weight excluding hydrogens is 530 g/mol. The van der Waals surface area contributed by atoms with Crippen LogP contribution >= 0.6 is 28.6 Å². The summed E-state index contributed by atoms with van der Waals surface area (Å²) >= 11 is 7.68. The molecule has 1 unspecified atom stereocenters. The largest absolute Gasteiger partial charge is 0.465 e. The lowest BCUT2D eigenvalue weighted by Crippen LogP contribution is -2.39. The summed E-state index contributed by atoms with van der Waals surface area (Å²) in [4.78, 5) is 23.5. The maximum atomic E-state index is 12.6. The van der Waals surface area contributed by atoms with E-state index in [1.807, 2.05) is 12.1 Å². The second kappa shape index (κ2) is 13.6. The minimum Gasteiger partial charge on any atom is -0.460 e. The van der Waals surface area contributed by atoms with Gasteiger partial charge in [0, 0.05) is 22.6 Å². The van der Waals surface area contributed by atoms with Crippen molar-refractivity contribution in [2.45, 2.75) is 74.4 Å². The highest BCUT2D eigenvalue weighted by Gasteiger charge is 2.54. The van der Waals surface area contributed by atoms with Gasteiger partial charge in [-0.3, -0.25) is 9.35 Å². The third-order valence-corrected chi connectivity index (χ3v) is 6.79. The molecule has 11 heteroatoms. The molecule has 1 N–H and O–H groups in total. The first kappa shape index (κ1) is 29.0. The monoisotopic (exact) mass is 558 g/mol. The van der Waals surface area contributed by atoms with Crippen LogP contribution in [-0.4, -0.2) is 41.9 Å². The van der Waals surface area contributed by atoms with Gasteiger partial charge in [0.05, 0.1) is 6.61 Å². The Bertz CT molecular complexity index is 857. The zero-order valence-corrected chi connectivity index (χ0v) is 21.2. The summed E-state index contributed by atoms with van der Waals surface area (Å²) in [5, 5.41) is -4.07. The standard InChI is InChI=1S/C13H16OS.C8H13BrF2O5S/c1-9-5-4-8-12(15)13(9)10-6-2-3-7-11(10)14;9-5-3-1-2-4-6-16-7(12)8(10,11)17(13,14)15/h4-5,8,10,15H,2-3,6-7H2,1H3;1-6H2,(H,13,14,15). The Morgan fingerprint density at radius 2 is 1.91 bits per heavy atom. The van der Waals surface area contributed by atoms with Crippen molar-refractivity contribution in [3.8, 4) is 0 Å². The van der Waals surface area contributed by atoms with Gasteiger partial charge >= 0.3 is 21.3 Å². The van der Waals surface area contributed by atoms with Crippen LogP contribution in [0.25, 0.3) is 0 Å². The Kier molecular flexibility index (Phi) is 12.3. The molecule has 1 aliphatic carbocycles. The van der Waals surface area contributed by atoms with E-state index in [4.69, 9.17) is 4.55 Å². The molecule has 1 saturated carbocycles. The van der Waals surface area contributed by atoms with Crippen LogP contribution in [0.5, 0.6) is 0 Å². The van der Waals surface area contributed by atoms with E-state index in [1.165, 1.54) is 5.56 Å². The van der Waals surface area contributed by atoms with Crippen molar-refractivity contribution in [3.63, 3.8) is 0 Å². The summed E-state index contributed by atoms with van der Waals surface area (Å²) < 4.78 is 57.8. The number of Topliss-reactive ketones (excluding diaryl/α,β-unsaturated/α-hetero) is 1. The second-order valence-corrected chi connectivity index (χ2v) is 10.2. The summed E-state index contributed by atoms with van der Waals surface area (Å²) in [7, 11) is -5.77. The molecule has 0 spiro atoms. The number of esters is 1. The van der Waals surface area contributed by atoms with Crippen molar-refractivity contribution in [1.82, 2.24) is 0 Å². The van der Waals surface area contributed by atoms with E-state index in [0.717, 1.165) is 54.3 Å². The van der Waals surface area contributed by atoms with Crippen LogP contribution in [0.1, 0.15) is 68.4 Å². The van der Waals surface area contributed by atoms with Gasteiger partial charge in [0.2, 0.25) is 0 Å². The molecule has 182 valence electrons. The third kappa shape index (κ3) is 8.72. The van der Waals surface area contributed by atoms with E-state index in [1.54, 1.807) is 0 Å². The fourth-order valence-corrected chi connectivity index (χ4v) is 4.40. The van der Waals surface area contributed by atoms with E-state index in [0.29, 0.717) is 18.6 Å². The molecule has 0 aliphatic heterocycles. The van der Waals surface area contributed by atoms with Crippen molar-refractivity contribution in [2.75, 3.05) is 11.9 Å². The van der Waals surface area contributed by atoms with Gasteiger partial charge in [0.15, 0.2) is 0 Å². The number of ether oxygens (including phenoxy) is 1. The molecule has 0 heterocycles. The van der Waals surface area contributed by atoms with Gasteiger partial charge in [-0.2, -0.15) is 17.2 Å². The number of benzene rings is 1. The fraction of sp³-hybridized carbons (Fsp3) is 0.619. The first-order valence-corrected chi connectivity index (χ1v) is 13.3. The molecular formula is C21H29BrF2O6S2. The van der Waals surface area contributed by atoms with Gasteiger partial charge in [-0.1, -0.05) is 47.3 Å². The third-order valence-electron chi connectivity index (χ3n) is 5.03. The molecule has 0 bridgehead atoms. The van der Waals surface area contributed by atoms with Gasteiger partial charge < -0.3 is 4.74 Å². The molecule has 1 aromatic rings. The Morgan fingerprint density at radius 1 is 1.25 bits per heavy atom. The normalized spacial score (nSPS) is 16.8. The number of hydrogen-bond donors (Lipinski definition) is 2. The van der Waals surface area contributed by atoms with Crippen molar-refractivity contribution >= 4 is 50.4 Å². The topological polar surface area (TPSA) is 97.7 Å². The lowest BCUT2D eigenvalue weighted by Gasteiger charge is -2.23. The molecule has 0 saturated heterocycles. The molecule has 1 aliphatic rings. The maximum Gasteiger partial charge on any atom is 0.465 e. The molecule has 1 aromatic carbocycles. The Morgan fingerprint density at radius 3 is 2.47 bits per heavy atom. The van der Waals surface area contributed by atoms with Crippen molar-refractivity contribution in [3.05, 3.63) is 29.3 Å². The number of aryl methyl sites for hydroxylation is 1. The van der Waals surface area contributed by atoms with E-state index < -0.39 is 21.3 Å². The number of rotatable bonds is 9. The zero-order valence-electron chi connectivity index (χ0n) is 17.9.